The molecule has 0 radical (unpaired) electrons. The number of aryl methyl sites for hydroxylation is 1. The van der Waals surface area contributed by atoms with E-state index < -0.39 is 5.60 Å². The SMILES string of the molecule is Cc1ccc2nc(C3CC3)cc(C(=O)N(C)CC(C)(C)O)c2c1. The minimum atomic E-state index is -0.914. The van der Waals surface area contributed by atoms with Crippen molar-refractivity contribution in [1.29, 1.82) is 0 Å². The molecule has 23 heavy (non-hydrogen) atoms. The Kier molecular flexibility index (Phi) is 3.88. The molecule has 0 bridgehead atoms. The first-order valence-corrected chi connectivity index (χ1v) is 8.14. The Morgan fingerprint density at radius 1 is 1.35 bits per heavy atom. The summed E-state index contributed by atoms with van der Waals surface area (Å²) >= 11 is 0. The maximum absolute atomic E-state index is 12.9. The first kappa shape index (κ1) is 15.9. The molecule has 1 fully saturated rings. The van der Waals surface area contributed by atoms with E-state index in [1.54, 1.807) is 25.8 Å². The molecule has 0 unspecified atom stereocenters. The zero-order chi connectivity index (χ0) is 16.8. The van der Waals surface area contributed by atoms with Gasteiger partial charge in [0.1, 0.15) is 0 Å². The number of likely N-dealkylation sites (N-methyl/N-ethyl adjacent to an activating group) is 1. The monoisotopic (exact) mass is 312 g/mol. The minimum Gasteiger partial charge on any atom is -0.389 e. The third-order valence-electron chi connectivity index (χ3n) is 4.18. The summed E-state index contributed by atoms with van der Waals surface area (Å²) < 4.78 is 0. The summed E-state index contributed by atoms with van der Waals surface area (Å²) in [5, 5.41) is 10.9. The minimum absolute atomic E-state index is 0.0629. The molecule has 1 heterocycles. The molecule has 0 atom stereocenters. The summed E-state index contributed by atoms with van der Waals surface area (Å²) in [5.41, 5.74) is 2.77. The fourth-order valence-corrected chi connectivity index (χ4v) is 2.98. The van der Waals surface area contributed by atoms with E-state index in [0.717, 1.165) is 35.0 Å². The molecule has 1 N–H and O–H groups in total. The zero-order valence-electron chi connectivity index (χ0n) is 14.3. The predicted octanol–water partition coefficient (Wildman–Crippen LogP) is 3.26. The number of aliphatic hydroxyl groups is 1. The zero-order valence-corrected chi connectivity index (χ0v) is 14.3. The lowest BCUT2D eigenvalue weighted by molar-refractivity contribution is 0.0369. The van der Waals surface area contributed by atoms with Gasteiger partial charge in [-0.1, -0.05) is 11.6 Å². The summed E-state index contributed by atoms with van der Waals surface area (Å²) in [6.07, 6.45) is 2.30. The van der Waals surface area contributed by atoms with E-state index in [1.165, 1.54) is 0 Å². The molecule has 122 valence electrons. The Hall–Kier alpha value is -1.94. The van der Waals surface area contributed by atoms with E-state index in [4.69, 9.17) is 4.98 Å². The second kappa shape index (κ2) is 5.60. The van der Waals surface area contributed by atoms with Crippen LogP contribution in [0.4, 0.5) is 0 Å². The predicted molar refractivity (Wildman–Crippen MR) is 91.7 cm³/mol. The Balaban J connectivity index is 2.06. The van der Waals surface area contributed by atoms with Crippen LogP contribution in [0.3, 0.4) is 0 Å². The number of hydrogen-bond donors (Lipinski definition) is 1. The van der Waals surface area contributed by atoms with Gasteiger partial charge in [-0.15, -0.1) is 0 Å². The molecule has 4 nitrogen and oxygen atoms in total. The van der Waals surface area contributed by atoms with Gasteiger partial charge in [0, 0.05) is 30.6 Å². The van der Waals surface area contributed by atoms with Gasteiger partial charge in [-0.2, -0.15) is 0 Å². The number of rotatable bonds is 4. The van der Waals surface area contributed by atoms with Crippen LogP contribution in [-0.4, -0.2) is 40.1 Å². The van der Waals surface area contributed by atoms with Crippen molar-refractivity contribution in [2.75, 3.05) is 13.6 Å². The van der Waals surface area contributed by atoms with E-state index in [0.29, 0.717) is 18.0 Å². The van der Waals surface area contributed by atoms with Crippen molar-refractivity contribution in [1.82, 2.24) is 9.88 Å². The van der Waals surface area contributed by atoms with E-state index in [-0.39, 0.29) is 5.91 Å². The molecule has 1 aromatic heterocycles. The van der Waals surface area contributed by atoms with Gasteiger partial charge in [0.05, 0.1) is 16.7 Å². The van der Waals surface area contributed by atoms with Gasteiger partial charge in [-0.3, -0.25) is 9.78 Å². The molecular formula is C19H24N2O2. The van der Waals surface area contributed by atoms with Crippen molar-refractivity contribution in [2.45, 2.75) is 45.1 Å². The molecule has 0 spiro atoms. The third-order valence-corrected chi connectivity index (χ3v) is 4.18. The third kappa shape index (κ3) is 3.53. The van der Waals surface area contributed by atoms with Crippen LogP contribution in [0.25, 0.3) is 10.9 Å². The highest BCUT2D eigenvalue weighted by molar-refractivity contribution is 6.06. The number of carbonyl (C=O) groups is 1. The largest absolute Gasteiger partial charge is 0.389 e. The van der Waals surface area contributed by atoms with E-state index in [1.807, 2.05) is 31.2 Å². The molecule has 1 aliphatic rings. The van der Waals surface area contributed by atoms with Crippen LogP contribution in [0.15, 0.2) is 24.3 Å². The summed E-state index contributed by atoms with van der Waals surface area (Å²) in [6.45, 7) is 5.73. The molecule has 3 rings (SSSR count). The van der Waals surface area contributed by atoms with Gasteiger partial charge >= 0.3 is 0 Å². The highest BCUT2D eigenvalue weighted by atomic mass is 16.3. The Labute approximate surface area is 137 Å². The average Bonchev–Trinajstić information content (AvgIpc) is 3.28. The fraction of sp³-hybridized carbons (Fsp3) is 0.474. The number of aromatic nitrogens is 1. The quantitative estimate of drug-likeness (QED) is 0.943. The van der Waals surface area contributed by atoms with Gasteiger partial charge < -0.3 is 10.0 Å². The summed E-state index contributed by atoms with van der Waals surface area (Å²) in [7, 11) is 1.74. The summed E-state index contributed by atoms with van der Waals surface area (Å²) in [5.74, 6) is 0.430. The van der Waals surface area contributed by atoms with Crippen LogP contribution < -0.4 is 0 Å². The summed E-state index contributed by atoms with van der Waals surface area (Å²) in [4.78, 5) is 19.3. The standard InChI is InChI=1S/C19H24N2O2/c1-12-5-8-16-14(9-12)15(10-17(20-16)13-6-7-13)18(22)21(4)11-19(2,3)23/h5,8-10,13,23H,6-7,11H2,1-4H3. The number of amides is 1. The molecule has 1 aromatic carbocycles. The van der Waals surface area contributed by atoms with Gasteiger partial charge in [0.15, 0.2) is 0 Å². The van der Waals surface area contributed by atoms with Gasteiger partial charge in [-0.05, 0) is 51.8 Å². The topological polar surface area (TPSA) is 53.4 Å². The number of fused-ring (bicyclic) bond motifs is 1. The first-order valence-electron chi connectivity index (χ1n) is 8.14. The van der Waals surface area contributed by atoms with E-state index in [2.05, 4.69) is 0 Å². The second-order valence-corrected chi connectivity index (χ2v) is 7.36. The lowest BCUT2D eigenvalue weighted by atomic mass is 10.0. The average molecular weight is 312 g/mol. The van der Waals surface area contributed by atoms with Crippen molar-refractivity contribution in [3.63, 3.8) is 0 Å². The van der Waals surface area contributed by atoms with Crippen LogP contribution in [0.5, 0.6) is 0 Å². The van der Waals surface area contributed by atoms with Crippen molar-refractivity contribution < 1.29 is 9.90 Å². The van der Waals surface area contributed by atoms with E-state index in [9.17, 15) is 9.90 Å². The summed E-state index contributed by atoms with van der Waals surface area (Å²) in [6, 6.07) is 7.98. The highest BCUT2D eigenvalue weighted by Gasteiger charge is 2.28. The van der Waals surface area contributed by atoms with Crippen LogP contribution >= 0.6 is 0 Å². The van der Waals surface area contributed by atoms with Gasteiger partial charge in [0.25, 0.3) is 5.91 Å². The number of benzene rings is 1. The number of pyridine rings is 1. The van der Waals surface area contributed by atoms with Crippen molar-refractivity contribution in [2.24, 2.45) is 0 Å². The normalized spacial score (nSPS) is 15.0. The van der Waals surface area contributed by atoms with Crippen molar-refractivity contribution in [3.8, 4) is 0 Å². The van der Waals surface area contributed by atoms with Crippen LogP contribution in [-0.2, 0) is 0 Å². The highest BCUT2D eigenvalue weighted by Crippen LogP contribution is 2.40. The maximum atomic E-state index is 12.9. The molecule has 1 aliphatic carbocycles. The molecule has 0 aliphatic heterocycles. The van der Waals surface area contributed by atoms with E-state index >= 15 is 0 Å². The Bertz CT molecular complexity index is 758. The lowest BCUT2D eigenvalue weighted by Crippen LogP contribution is -2.39. The number of hydrogen-bond acceptors (Lipinski definition) is 3. The first-order chi connectivity index (χ1) is 10.7. The van der Waals surface area contributed by atoms with Crippen molar-refractivity contribution >= 4 is 16.8 Å². The van der Waals surface area contributed by atoms with Gasteiger partial charge in [-0.25, -0.2) is 0 Å². The Morgan fingerprint density at radius 3 is 2.65 bits per heavy atom. The van der Waals surface area contributed by atoms with Gasteiger partial charge in [0.2, 0.25) is 0 Å². The fourth-order valence-electron chi connectivity index (χ4n) is 2.98. The molecule has 1 saturated carbocycles. The molecule has 0 saturated heterocycles. The maximum Gasteiger partial charge on any atom is 0.254 e. The smallest absolute Gasteiger partial charge is 0.254 e. The number of nitrogens with zero attached hydrogens (tertiary/aromatic N) is 2. The lowest BCUT2D eigenvalue weighted by Gasteiger charge is -2.26. The van der Waals surface area contributed by atoms with Crippen LogP contribution in [0.2, 0.25) is 0 Å². The van der Waals surface area contributed by atoms with Crippen molar-refractivity contribution in [3.05, 3.63) is 41.1 Å². The number of carbonyl (C=O) groups excluding carboxylic acids is 1. The second-order valence-electron chi connectivity index (χ2n) is 7.36. The van der Waals surface area contributed by atoms with Crippen LogP contribution in [0.1, 0.15) is 54.2 Å². The molecular weight excluding hydrogens is 288 g/mol. The molecule has 1 amide bonds. The Morgan fingerprint density at radius 2 is 2.04 bits per heavy atom. The molecule has 2 aromatic rings. The molecule has 4 heteroatoms. The van der Waals surface area contributed by atoms with Crippen LogP contribution in [0, 0.1) is 6.92 Å².